The second-order valence-corrected chi connectivity index (χ2v) is 6.55. The molecule has 0 bridgehead atoms. The molecule has 1 fully saturated rings. The van der Waals surface area contributed by atoms with Crippen LogP contribution >= 0.6 is 0 Å². The van der Waals surface area contributed by atoms with E-state index in [9.17, 15) is 4.79 Å². The third kappa shape index (κ3) is 3.09. The molecule has 8 nitrogen and oxygen atoms in total. The van der Waals surface area contributed by atoms with E-state index in [1.165, 1.54) is 5.56 Å². The van der Waals surface area contributed by atoms with E-state index in [1.807, 2.05) is 6.07 Å². The lowest BCUT2D eigenvalue weighted by atomic mass is 10.2. The summed E-state index contributed by atoms with van der Waals surface area (Å²) in [6, 6.07) is 1.52. The van der Waals surface area contributed by atoms with Crippen molar-refractivity contribution in [3.8, 4) is 0 Å². The van der Waals surface area contributed by atoms with Crippen molar-refractivity contribution in [2.75, 3.05) is 19.0 Å². The maximum absolute atomic E-state index is 12.8. The third-order valence-corrected chi connectivity index (χ3v) is 4.86. The molecule has 2 aromatic rings. The Morgan fingerprint density at radius 3 is 3.08 bits per heavy atom. The fraction of sp³-hybridized carbons (Fsp3) is 0.529. The van der Waals surface area contributed by atoms with Crippen LogP contribution in [0.1, 0.15) is 41.9 Å². The van der Waals surface area contributed by atoms with Crippen LogP contribution in [-0.4, -0.2) is 45.8 Å². The molecular formula is C17H21N5O3. The number of urea groups is 1. The van der Waals surface area contributed by atoms with Crippen molar-refractivity contribution in [1.29, 1.82) is 0 Å². The number of hydrogen-bond acceptors (Lipinski definition) is 6. The molecule has 3 heterocycles. The first kappa shape index (κ1) is 16.0. The standard InChI is InChI=1S/C17H21N5O3/c1-10-19-16(25-21-10)15-7-13(24-2)9-22(15)17(23)20-12-6-11-4-3-5-14(11)18-8-12/h6,8,13,15H,3-5,7,9H2,1-2H3,(H,20,23)/t13-,15-/m1/s1. The second kappa shape index (κ2) is 6.44. The minimum absolute atomic E-state index is 0.0545. The fourth-order valence-corrected chi connectivity index (χ4v) is 3.57. The van der Waals surface area contributed by atoms with Gasteiger partial charge in [-0.15, -0.1) is 0 Å². The lowest BCUT2D eigenvalue weighted by molar-refractivity contribution is 0.111. The average Bonchev–Trinajstić information content (AvgIpc) is 3.32. The monoisotopic (exact) mass is 343 g/mol. The quantitative estimate of drug-likeness (QED) is 0.919. The molecule has 0 aromatic carbocycles. The van der Waals surface area contributed by atoms with Crippen molar-refractivity contribution in [3.05, 3.63) is 35.2 Å². The number of methoxy groups -OCH3 is 1. The number of amides is 2. The molecule has 0 unspecified atom stereocenters. The van der Waals surface area contributed by atoms with Gasteiger partial charge in [0.2, 0.25) is 5.89 Å². The number of nitrogens with one attached hydrogen (secondary N) is 1. The van der Waals surface area contributed by atoms with E-state index in [1.54, 1.807) is 25.1 Å². The summed E-state index contributed by atoms with van der Waals surface area (Å²) in [6.07, 6.45) is 5.46. The molecule has 4 rings (SSSR count). The second-order valence-electron chi connectivity index (χ2n) is 6.55. The Bertz CT molecular complexity index is 790. The predicted octanol–water partition coefficient (Wildman–Crippen LogP) is 2.26. The molecule has 2 aliphatic rings. The number of likely N-dealkylation sites (tertiary alicyclic amines) is 1. The summed E-state index contributed by atoms with van der Waals surface area (Å²) in [6.45, 7) is 2.24. The maximum atomic E-state index is 12.8. The summed E-state index contributed by atoms with van der Waals surface area (Å²) in [7, 11) is 1.65. The Labute approximate surface area is 145 Å². The molecule has 2 aromatic heterocycles. The number of carbonyl (C=O) groups is 1. The highest BCUT2D eigenvalue weighted by atomic mass is 16.5. The predicted molar refractivity (Wildman–Crippen MR) is 89.2 cm³/mol. The van der Waals surface area contributed by atoms with E-state index in [0.717, 1.165) is 25.0 Å². The minimum atomic E-state index is -0.284. The van der Waals surface area contributed by atoms with Crippen LogP contribution in [0.15, 0.2) is 16.8 Å². The van der Waals surface area contributed by atoms with Crippen LogP contribution in [0.5, 0.6) is 0 Å². The molecular weight excluding hydrogens is 322 g/mol. The topological polar surface area (TPSA) is 93.4 Å². The largest absolute Gasteiger partial charge is 0.380 e. The highest BCUT2D eigenvalue weighted by molar-refractivity contribution is 5.89. The SMILES string of the molecule is CO[C@@H]1C[C@H](c2nc(C)no2)N(C(=O)Nc2cnc3c(c2)CCC3)C1. The molecule has 8 heteroatoms. The molecule has 2 amide bonds. The summed E-state index contributed by atoms with van der Waals surface area (Å²) in [4.78, 5) is 23.2. The number of fused-ring (bicyclic) bond motifs is 1. The van der Waals surface area contributed by atoms with Gasteiger partial charge >= 0.3 is 6.03 Å². The van der Waals surface area contributed by atoms with Gasteiger partial charge in [0.15, 0.2) is 5.82 Å². The first-order valence-corrected chi connectivity index (χ1v) is 8.52. The number of anilines is 1. The van der Waals surface area contributed by atoms with Crippen LogP contribution in [0.4, 0.5) is 10.5 Å². The van der Waals surface area contributed by atoms with Gasteiger partial charge in [-0.05, 0) is 37.8 Å². The molecule has 132 valence electrons. The molecule has 1 aliphatic carbocycles. The lowest BCUT2D eigenvalue weighted by Gasteiger charge is -2.22. The zero-order valence-corrected chi connectivity index (χ0v) is 14.4. The van der Waals surface area contributed by atoms with Crippen molar-refractivity contribution < 1.29 is 14.1 Å². The van der Waals surface area contributed by atoms with E-state index in [4.69, 9.17) is 9.26 Å². The van der Waals surface area contributed by atoms with Gasteiger partial charge in [-0.1, -0.05) is 5.16 Å². The zero-order chi connectivity index (χ0) is 17.4. The number of rotatable bonds is 3. The number of ether oxygens (including phenoxy) is 1. The number of aryl methyl sites for hydroxylation is 3. The van der Waals surface area contributed by atoms with Gasteiger partial charge in [0.25, 0.3) is 0 Å². The van der Waals surface area contributed by atoms with Gasteiger partial charge in [-0.25, -0.2) is 4.79 Å². The van der Waals surface area contributed by atoms with E-state index >= 15 is 0 Å². The van der Waals surface area contributed by atoms with Crippen molar-refractivity contribution >= 4 is 11.7 Å². The van der Waals surface area contributed by atoms with Gasteiger partial charge in [0, 0.05) is 25.8 Å². The molecule has 1 aliphatic heterocycles. The lowest BCUT2D eigenvalue weighted by Crippen LogP contribution is -2.35. The van der Waals surface area contributed by atoms with Gasteiger partial charge in [-0.3, -0.25) is 4.98 Å². The molecule has 0 saturated carbocycles. The summed E-state index contributed by atoms with van der Waals surface area (Å²) in [5.41, 5.74) is 3.07. The maximum Gasteiger partial charge on any atom is 0.322 e. The molecule has 1 N–H and O–H groups in total. The van der Waals surface area contributed by atoms with Gasteiger partial charge < -0.3 is 19.5 Å². The van der Waals surface area contributed by atoms with Crippen LogP contribution < -0.4 is 5.32 Å². The first-order chi connectivity index (χ1) is 12.1. The Morgan fingerprint density at radius 2 is 2.32 bits per heavy atom. The van der Waals surface area contributed by atoms with Crippen molar-refractivity contribution in [3.63, 3.8) is 0 Å². The summed E-state index contributed by atoms with van der Waals surface area (Å²) >= 11 is 0. The van der Waals surface area contributed by atoms with Gasteiger partial charge in [0.1, 0.15) is 6.04 Å². The van der Waals surface area contributed by atoms with Gasteiger partial charge in [-0.2, -0.15) is 4.98 Å². The van der Waals surface area contributed by atoms with E-state index in [0.29, 0.717) is 30.4 Å². The van der Waals surface area contributed by atoms with Crippen LogP contribution in [0.3, 0.4) is 0 Å². The van der Waals surface area contributed by atoms with E-state index in [2.05, 4.69) is 20.4 Å². The van der Waals surface area contributed by atoms with Crippen molar-refractivity contribution in [1.82, 2.24) is 20.0 Å². The van der Waals surface area contributed by atoms with Crippen LogP contribution in [0.25, 0.3) is 0 Å². The molecule has 25 heavy (non-hydrogen) atoms. The van der Waals surface area contributed by atoms with Crippen molar-refractivity contribution in [2.24, 2.45) is 0 Å². The molecule has 0 radical (unpaired) electrons. The minimum Gasteiger partial charge on any atom is -0.380 e. The first-order valence-electron chi connectivity index (χ1n) is 8.52. The van der Waals surface area contributed by atoms with Crippen LogP contribution in [-0.2, 0) is 17.6 Å². The summed E-state index contributed by atoms with van der Waals surface area (Å²) < 4.78 is 10.7. The highest BCUT2D eigenvalue weighted by Crippen LogP contribution is 2.33. The summed E-state index contributed by atoms with van der Waals surface area (Å²) in [5.74, 6) is 0.998. The Kier molecular flexibility index (Phi) is 4.12. The number of pyridine rings is 1. The Balaban J connectivity index is 1.52. The number of hydrogen-bond donors (Lipinski definition) is 1. The Morgan fingerprint density at radius 1 is 1.44 bits per heavy atom. The van der Waals surface area contributed by atoms with E-state index < -0.39 is 0 Å². The number of carbonyl (C=O) groups excluding carboxylic acids is 1. The zero-order valence-electron chi connectivity index (χ0n) is 14.4. The number of aromatic nitrogens is 3. The molecule has 2 atom stereocenters. The third-order valence-electron chi connectivity index (χ3n) is 4.86. The fourth-order valence-electron chi connectivity index (χ4n) is 3.57. The van der Waals surface area contributed by atoms with Crippen LogP contribution in [0, 0.1) is 6.92 Å². The highest BCUT2D eigenvalue weighted by Gasteiger charge is 2.39. The van der Waals surface area contributed by atoms with Crippen molar-refractivity contribution in [2.45, 2.75) is 44.8 Å². The average molecular weight is 343 g/mol. The smallest absolute Gasteiger partial charge is 0.322 e. The number of nitrogens with zero attached hydrogens (tertiary/aromatic N) is 4. The normalized spacial score (nSPS) is 22.2. The molecule has 1 saturated heterocycles. The summed E-state index contributed by atoms with van der Waals surface area (Å²) in [5, 5.41) is 6.78. The van der Waals surface area contributed by atoms with Crippen LogP contribution in [0.2, 0.25) is 0 Å². The molecule has 0 spiro atoms. The van der Waals surface area contributed by atoms with E-state index in [-0.39, 0.29) is 18.2 Å². The Hall–Kier alpha value is -2.48. The van der Waals surface area contributed by atoms with Gasteiger partial charge in [0.05, 0.1) is 18.0 Å².